The summed E-state index contributed by atoms with van der Waals surface area (Å²) in [5, 5.41) is 13.5. The first kappa shape index (κ1) is 14.8. The molecule has 1 aromatic carbocycles. The van der Waals surface area contributed by atoms with E-state index in [9.17, 15) is 10.1 Å². The van der Waals surface area contributed by atoms with Crippen LogP contribution in [0.5, 0.6) is 0 Å². The molecule has 5 nitrogen and oxygen atoms in total. The zero-order valence-corrected chi connectivity index (χ0v) is 13.4. The second-order valence-corrected chi connectivity index (χ2v) is 10.7. The fourth-order valence-electron chi connectivity index (χ4n) is 1.75. The Morgan fingerprint density at radius 3 is 2.40 bits per heavy atom. The maximum absolute atomic E-state index is 10.7. The van der Waals surface area contributed by atoms with Gasteiger partial charge in [0.15, 0.2) is 8.32 Å². The third-order valence-corrected chi connectivity index (χ3v) is 4.32. The highest BCUT2D eigenvalue weighted by molar-refractivity contribution is 7.09. The molecule has 1 aromatic heterocycles. The summed E-state index contributed by atoms with van der Waals surface area (Å²) < 4.78 is 6.19. The van der Waals surface area contributed by atoms with Crippen LogP contribution < -0.4 is 0 Å². The normalized spacial score (nSPS) is 13.2. The lowest BCUT2D eigenvalue weighted by atomic mass is 10.1. The van der Waals surface area contributed by atoms with Gasteiger partial charge in [0, 0.05) is 23.7 Å². The quantitative estimate of drug-likeness (QED) is 0.476. The molecule has 7 heteroatoms. The van der Waals surface area contributed by atoms with Crippen molar-refractivity contribution in [2.75, 3.05) is 0 Å². The first-order valence-corrected chi connectivity index (χ1v) is 10.5. The van der Waals surface area contributed by atoms with Gasteiger partial charge >= 0.3 is 0 Å². The van der Waals surface area contributed by atoms with Gasteiger partial charge in [-0.25, -0.2) is 4.98 Å². The van der Waals surface area contributed by atoms with Crippen LogP contribution in [-0.4, -0.2) is 18.2 Å². The molecule has 0 bridgehead atoms. The molecule has 1 heterocycles. The van der Waals surface area contributed by atoms with Crippen LogP contribution in [0.25, 0.3) is 0 Å². The Labute approximate surface area is 122 Å². The maximum Gasteiger partial charge on any atom is 0.269 e. The zero-order chi connectivity index (χ0) is 14.8. The monoisotopic (exact) mass is 308 g/mol. The first-order valence-electron chi connectivity index (χ1n) is 6.18. The number of benzene rings is 1. The van der Waals surface area contributed by atoms with E-state index in [-0.39, 0.29) is 11.8 Å². The van der Waals surface area contributed by atoms with Crippen molar-refractivity contribution in [1.82, 2.24) is 4.98 Å². The van der Waals surface area contributed by atoms with E-state index >= 15 is 0 Å². The van der Waals surface area contributed by atoms with Crippen LogP contribution in [0.4, 0.5) is 5.69 Å². The fraction of sp³-hybridized carbons (Fsp3) is 0.308. The number of nitro groups is 1. The molecule has 0 N–H and O–H groups in total. The average Bonchev–Trinajstić information content (AvgIpc) is 2.89. The maximum atomic E-state index is 10.7. The number of thiazole rings is 1. The highest BCUT2D eigenvalue weighted by atomic mass is 32.1. The molecule has 2 aromatic rings. The Morgan fingerprint density at radius 1 is 1.30 bits per heavy atom. The predicted molar refractivity (Wildman–Crippen MR) is 81.5 cm³/mol. The van der Waals surface area contributed by atoms with Gasteiger partial charge in [-0.3, -0.25) is 10.1 Å². The molecule has 0 radical (unpaired) electrons. The summed E-state index contributed by atoms with van der Waals surface area (Å²) in [7, 11) is -1.76. The molecule has 0 aliphatic rings. The molecule has 1 unspecified atom stereocenters. The summed E-state index contributed by atoms with van der Waals surface area (Å²) in [6.07, 6.45) is 1.49. The molecule has 0 amide bonds. The summed E-state index contributed by atoms with van der Waals surface area (Å²) in [4.78, 5) is 14.6. The number of nitro benzene ring substituents is 1. The van der Waals surface area contributed by atoms with E-state index in [1.807, 2.05) is 5.38 Å². The van der Waals surface area contributed by atoms with Crippen LogP contribution in [0.15, 0.2) is 35.8 Å². The number of nitrogens with zero attached hydrogens (tertiary/aromatic N) is 2. The summed E-state index contributed by atoms with van der Waals surface area (Å²) in [5.74, 6) is 0. The number of aromatic nitrogens is 1. The fourth-order valence-corrected chi connectivity index (χ4v) is 3.48. The van der Waals surface area contributed by atoms with Gasteiger partial charge in [-0.05, 0) is 37.3 Å². The Morgan fingerprint density at radius 2 is 1.95 bits per heavy atom. The van der Waals surface area contributed by atoms with Crippen molar-refractivity contribution in [3.63, 3.8) is 0 Å². The number of hydrogen-bond donors (Lipinski definition) is 0. The SMILES string of the molecule is C[Si](C)(C)OC(c1ccc([N+](=O)[O-])cc1)c1nccs1. The van der Waals surface area contributed by atoms with Gasteiger partial charge in [0.25, 0.3) is 5.69 Å². The molecule has 2 rings (SSSR count). The van der Waals surface area contributed by atoms with E-state index in [2.05, 4.69) is 24.6 Å². The van der Waals surface area contributed by atoms with Crippen molar-refractivity contribution in [1.29, 1.82) is 0 Å². The van der Waals surface area contributed by atoms with Crippen molar-refractivity contribution in [2.24, 2.45) is 0 Å². The third kappa shape index (κ3) is 3.72. The van der Waals surface area contributed by atoms with Crippen molar-refractivity contribution in [3.05, 3.63) is 56.5 Å². The van der Waals surface area contributed by atoms with Crippen molar-refractivity contribution in [2.45, 2.75) is 25.7 Å². The lowest BCUT2D eigenvalue weighted by Crippen LogP contribution is -2.28. The van der Waals surface area contributed by atoms with E-state index in [0.717, 1.165) is 10.6 Å². The minimum absolute atomic E-state index is 0.0830. The molecule has 0 saturated carbocycles. The molecular weight excluding hydrogens is 292 g/mol. The minimum Gasteiger partial charge on any atom is -0.404 e. The molecule has 0 aliphatic heterocycles. The smallest absolute Gasteiger partial charge is 0.269 e. The number of rotatable bonds is 5. The number of hydrogen-bond acceptors (Lipinski definition) is 5. The van der Waals surface area contributed by atoms with Gasteiger partial charge in [-0.15, -0.1) is 11.3 Å². The van der Waals surface area contributed by atoms with E-state index in [0.29, 0.717) is 0 Å². The molecular formula is C13H16N2O3SSi. The average molecular weight is 308 g/mol. The van der Waals surface area contributed by atoms with Gasteiger partial charge in [-0.2, -0.15) is 0 Å². The molecule has 106 valence electrons. The van der Waals surface area contributed by atoms with Crippen molar-refractivity contribution in [3.8, 4) is 0 Å². The third-order valence-electron chi connectivity index (χ3n) is 2.55. The topological polar surface area (TPSA) is 65.3 Å². The lowest BCUT2D eigenvalue weighted by Gasteiger charge is -2.25. The van der Waals surface area contributed by atoms with E-state index in [4.69, 9.17) is 4.43 Å². The molecule has 0 aliphatic carbocycles. The van der Waals surface area contributed by atoms with E-state index in [1.54, 1.807) is 18.3 Å². The molecule has 1 atom stereocenters. The summed E-state index contributed by atoms with van der Waals surface area (Å²) in [6, 6.07) is 6.49. The minimum atomic E-state index is -1.76. The standard InChI is InChI=1S/C13H16N2O3SSi/c1-20(2,3)18-12(13-14-8-9-19-13)10-4-6-11(7-5-10)15(16)17/h4-9,12H,1-3H3. The summed E-state index contributed by atoms with van der Waals surface area (Å²) in [6.45, 7) is 6.33. The number of non-ortho nitro benzene ring substituents is 1. The highest BCUT2D eigenvalue weighted by Gasteiger charge is 2.26. The predicted octanol–water partition coefficient (Wildman–Crippen LogP) is 3.99. The van der Waals surface area contributed by atoms with Crippen LogP contribution in [0, 0.1) is 10.1 Å². The Balaban J connectivity index is 2.33. The molecule has 0 spiro atoms. The Kier molecular flexibility index (Phi) is 4.31. The Bertz CT molecular complexity index is 579. The van der Waals surface area contributed by atoms with Gasteiger partial charge in [-0.1, -0.05) is 0 Å². The molecule has 0 saturated heterocycles. The van der Waals surface area contributed by atoms with Gasteiger partial charge in [0.1, 0.15) is 11.1 Å². The molecule has 0 fully saturated rings. The first-order chi connectivity index (χ1) is 9.37. The van der Waals surface area contributed by atoms with Crippen LogP contribution >= 0.6 is 11.3 Å². The van der Waals surface area contributed by atoms with Crippen LogP contribution in [-0.2, 0) is 4.43 Å². The van der Waals surface area contributed by atoms with Crippen molar-refractivity contribution < 1.29 is 9.35 Å². The zero-order valence-electron chi connectivity index (χ0n) is 11.6. The van der Waals surface area contributed by atoms with Gasteiger partial charge in [0.05, 0.1) is 4.92 Å². The van der Waals surface area contributed by atoms with Crippen LogP contribution in [0.2, 0.25) is 19.6 Å². The van der Waals surface area contributed by atoms with Crippen molar-refractivity contribution >= 4 is 25.3 Å². The largest absolute Gasteiger partial charge is 0.404 e. The van der Waals surface area contributed by atoms with Gasteiger partial charge < -0.3 is 4.43 Å². The lowest BCUT2D eigenvalue weighted by molar-refractivity contribution is -0.384. The Hall–Kier alpha value is -1.57. The van der Waals surface area contributed by atoms with E-state index < -0.39 is 13.2 Å². The van der Waals surface area contributed by atoms with E-state index in [1.165, 1.54) is 23.5 Å². The highest BCUT2D eigenvalue weighted by Crippen LogP contribution is 2.31. The van der Waals surface area contributed by atoms with Crippen LogP contribution in [0.1, 0.15) is 16.7 Å². The van der Waals surface area contributed by atoms with Crippen LogP contribution in [0.3, 0.4) is 0 Å². The second-order valence-electron chi connectivity index (χ2n) is 5.33. The summed E-state index contributed by atoms with van der Waals surface area (Å²) in [5.41, 5.74) is 0.979. The second kappa shape index (κ2) is 5.82. The summed E-state index contributed by atoms with van der Waals surface area (Å²) >= 11 is 1.53. The molecule has 20 heavy (non-hydrogen) atoms. The van der Waals surface area contributed by atoms with Gasteiger partial charge in [0.2, 0.25) is 0 Å².